The van der Waals surface area contributed by atoms with Crippen LogP contribution in [0.1, 0.15) is 20.7 Å². The Labute approximate surface area is 134 Å². The van der Waals surface area contributed by atoms with Gasteiger partial charge in [0.2, 0.25) is 5.88 Å². The van der Waals surface area contributed by atoms with E-state index in [9.17, 15) is 9.59 Å². The number of hydrogen-bond donors (Lipinski definition) is 0. The van der Waals surface area contributed by atoms with E-state index in [2.05, 4.69) is 30.1 Å². The summed E-state index contributed by atoms with van der Waals surface area (Å²) in [6.45, 7) is 0. The van der Waals surface area contributed by atoms with Crippen molar-refractivity contribution in [3.63, 3.8) is 0 Å². The number of nitrogens with zero attached hydrogens (tertiary/aromatic N) is 5. The Morgan fingerprint density at radius 3 is 2.29 bits per heavy atom. The molecular formula is C14H11N5O5. The van der Waals surface area contributed by atoms with Gasteiger partial charge < -0.3 is 14.2 Å². The lowest BCUT2D eigenvalue weighted by molar-refractivity contribution is 0.0598. The van der Waals surface area contributed by atoms with Crippen molar-refractivity contribution in [3.8, 4) is 11.6 Å². The topological polar surface area (TPSA) is 118 Å². The molecule has 0 saturated carbocycles. The van der Waals surface area contributed by atoms with Gasteiger partial charge in [0.25, 0.3) is 0 Å². The van der Waals surface area contributed by atoms with E-state index in [1.165, 1.54) is 37.0 Å². The van der Waals surface area contributed by atoms with Gasteiger partial charge in [-0.15, -0.1) is 14.8 Å². The van der Waals surface area contributed by atoms with Crippen LogP contribution in [0.5, 0.6) is 11.6 Å². The van der Waals surface area contributed by atoms with Gasteiger partial charge >= 0.3 is 11.9 Å². The smallest absolute Gasteiger partial charge is 0.338 e. The Balaban J connectivity index is 1.98. The van der Waals surface area contributed by atoms with Gasteiger partial charge in [0.1, 0.15) is 5.75 Å². The number of esters is 2. The molecule has 0 bridgehead atoms. The summed E-state index contributed by atoms with van der Waals surface area (Å²) in [7, 11) is 2.47. The standard InChI is InChI=1S/C14H11N5O5/c1-22-13(20)8-5-9(14(21)23-2)7-10(6-8)24-12-4-3-11-15-17-18-19(11)16-12/h3-7H,1-2H3. The van der Waals surface area contributed by atoms with Gasteiger partial charge in [-0.25, -0.2) is 9.59 Å². The highest BCUT2D eigenvalue weighted by Crippen LogP contribution is 2.23. The van der Waals surface area contributed by atoms with E-state index in [0.29, 0.717) is 5.65 Å². The van der Waals surface area contributed by atoms with Crippen LogP contribution in [0.15, 0.2) is 30.3 Å². The van der Waals surface area contributed by atoms with E-state index in [0.717, 1.165) is 0 Å². The number of carbonyl (C=O) groups excluding carboxylic acids is 2. The Kier molecular flexibility index (Phi) is 4.01. The molecule has 3 aromatic rings. The molecule has 0 amide bonds. The minimum absolute atomic E-state index is 0.138. The number of tetrazole rings is 1. The van der Waals surface area contributed by atoms with Crippen molar-refractivity contribution in [2.24, 2.45) is 0 Å². The Morgan fingerprint density at radius 1 is 1.00 bits per heavy atom. The summed E-state index contributed by atoms with van der Waals surface area (Å²) in [5.41, 5.74) is 0.721. The summed E-state index contributed by atoms with van der Waals surface area (Å²) in [6, 6.07) is 7.35. The first-order valence-corrected chi connectivity index (χ1v) is 6.65. The predicted molar refractivity (Wildman–Crippen MR) is 77.8 cm³/mol. The van der Waals surface area contributed by atoms with Crippen LogP contribution in [-0.4, -0.2) is 51.4 Å². The van der Waals surface area contributed by atoms with Crippen molar-refractivity contribution in [1.82, 2.24) is 25.3 Å². The maximum Gasteiger partial charge on any atom is 0.338 e. The lowest BCUT2D eigenvalue weighted by Crippen LogP contribution is -2.07. The second kappa shape index (κ2) is 6.28. The van der Waals surface area contributed by atoms with Gasteiger partial charge in [-0.3, -0.25) is 0 Å². The van der Waals surface area contributed by atoms with Crippen molar-refractivity contribution in [2.75, 3.05) is 14.2 Å². The zero-order valence-corrected chi connectivity index (χ0v) is 12.7. The molecule has 2 heterocycles. The molecule has 10 nitrogen and oxygen atoms in total. The maximum absolute atomic E-state index is 11.7. The van der Waals surface area contributed by atoms with Crippen molar-refractivity contribution >= 4 is 17.6 Å². The third kappa shape index (κ3) is 2.97. The molecule has 0 fully saturated rings. The van der Waals surface area contributed by atoms with Crippen LogP contribution in [0, 0.1) is 0 Å². The average molecular weight is 329 g/mol. The van der Waals surface area contributed by atoms with Crippen LogP contribution < -0.4 is 4.74 Å². The van der Waals surface area contributed by atoms with E-state index >= 15 is 0 Å². The molecule has 0 unspecified atom stereocenters. The second-order valence-electron chi connectivity index (χ2n) is 4.53. The van der Waals surface area contributed by atoms with E-state index in [1.807, 2.05) is 0 Å². The molecule has 10 heteroatoms. The summed E-state index contributed by atoms with van der Waals surface area (Å²) in [5.74, 6) is -0.852. The molecule has 122 valence electrons. The second-order valence-corrected chi connectivity index (χ2v) is 4.53. The highest BCUT2D eigenvalue weighted by atomic mass is 16.5. The van der Waals surface area contributed by atoms with E-state index in [-0.39, 0.29) is 22.8 Å². The van der Waals surface area contributed by atoms with Gasteiger partial charge in [-0.05, 0) is 34.7 Å². The average Bonchev–Trinajstić information content (AvgIpc) is 3.07. The van der Waals surface area contributed by atoms with Gasteiger partial charge in [-0.2, -0.15) is 0 Å². The number of rotatable bonds is 4. The van der Waals surface area contributed by atoms with Crippen LogP contribution in [0.2, 0.25) is 0 Å². The third-order valence-electron chi connectivity index (χ3n) is 3.02. The molecule has 1 aromatic carbocycles. The molecule has 0 aliphatic heterocycles. The van der Waals surface area contributed by atoms with Crippen LogP contribution in [0.4, 0.5) is 0 Å². The number of fused-ring (bicyclic) bond motifs is 1. The normalized spacial score (nSPS) is 10.4. The van der Waals surface area contributed by atoms with Crippen molar-refractivity contribution in [1.29, 1.82) is 0 Å². The summed E-state index contributed by atoms with van der Waals surface area (Å²) < 4.78 is 16.1. The minimum atomic E-state index is -0.616. The summed E-state index contributed by atoms with van der Waals surface area (Å²) in [6.07, 6.45) is 0. The van der Waals surface area contributed by atoms with E-state index in [4.69, 9.17) is 4.74 Å². The quantitative estimate of drug-likeness (QED) is 0.643. The van der Waals surface area contributed by atoms with Gasteiger partial charge in [0.15, 0.2) is 5.65 Å². The molecule has 0 N–H and O–H groups in total. The molecule has 0 spiro atoms. The Morgan fingerprint density at radius 2 is 1.67 bits per heavy atom. The number of hydrogen-bond acceptors (Lipinski definition) is 9. The van der Waals surface area contributed by atoms with Crippen molar-refractivity contribution in [3.05, 3.63) is 41.5 Å². The predicted octanol–water partition coefficient (Wildman–Crippen LogP) is 0.885. The zero-order chi connectivity index (χ0) is 17.1. The van der Waals surface area contributed by atoms with Gasteiger partial charge in [-0.1, -0.05) is 0 Å². The fourth-order valence-corrected chi connectivity index (χ4v) is 1.94. The number of ether oxygens (including phenoxy) is 3. The first-order valence-electron chi connectivity index (χ1n) is 6.65. The molecule has 3 rings (SSSR count). The maximum atomic E-state index is 11.7. The summed E-state index contributed by atoms with van der Waals surface area (Å²) >= 11 is 0. The van der Waals surface area contributed by atoms with E-state index < -0.39 is 11.9 Å². The molecule has 0 atom stereocenters. The van der Waals surface area contributed by atoms with Crippen molar-refractivity contribution in [2.45, 2.75) is 0 Å². The fraction of sp³-hybridized carbons (Fsp3) is 0.143. The molecule has 0 aliphatic carbocycles. The van der Waals surface area contributed by atoms with Gasteiger partial charge in [0.05, 0.1) is 25.3 Å². The first-order chi connectivity index (χ1) is 11.6. The number of benzene rings is 1. The van der Waals surface area contributed by atoms with Crippen LogP contribution >= 0.6 is 0 Å². The van der Waals surface area contributed by atoms with Crippen LogP contribution in [0.3, 0.4) is 0 Å². The van der Waals surface area contributed by atoms with Crippen LogP contribution in [0.25, 0.3) is 5.65 Å². The third-order valence-corrected chi connectivity index (χ3v) is 3.02. The SMILES string of the molecule is COC(=O)c1cc(Oc2ccc3nnnn3n2)cc(C(=O)OC)c1. The number of aromatic nitrogens is 5. The Bertz CT molecular complexity index is 889. The lowest BCUT2D eigenvalue weighted by Gasteiger charge is -2.08. The van der Waals surface area contributed by atoms with Crippen LogP contribution in [-0.2, 0) is 9.47 Å². The number of carbonyl (C=O) groups is 2. The number of methoxy groups -OCH3 is 2. The molecule has 0 aliphatic rings. The molecular weight excluding hydrogens is 318 g/mol. The summed E-state index contributed by atoms with van der Waals surface area (Å²) in [5, 5.41) is 14.9. The largest absolute Gasteiger partial charge is 0.465 e. The summed E-state index contributed by atoms with van der Waals surface area (Å²) in [4.78, 5) is 23.5. The molecule has 0 radical (unpaired) electrons. The molecule has 2 aromatic heterocycles. The lowest BCUT2D eigenvalue weighted by atomic mass is 10.1. The fourth-order valence-electron chi connectivity index (χ4n) is 1.94. The molecule has 24 heavy (non-hydrogen) atoms. The van der Waals surface area contributed by atoms with Gasteiger partial charge in [0, 0.05) is 6.07 Å². The highest BCUT2D eigenvalue weighted by molar-refractivity contribution is 5.96. The zero-order valence-electron chi connectivity index (χ0n) is 12.7. The monoisotopic (exact) mass is 329 g/mol. The van der Waals surface area contributed by atoms with E-state index in [1.54, 1.807) is 12.1 Å². The van der Waals surface area contributed by atoms with Crippen molar-refractivity contribution < 1.29 is 23.8 Å². The minimum Gasteiger partial charge on any atom is -0.465 e. The molecule has 0 saturated heterocycles. The Hall–Kier alpha value is -3.56. The first kappa shape index (κ1) is 15.3. The highest BCUT2D eigenvalue weighted by Gasteiger charge is 2.15.